The highest BCUT2D eigenvalue weighted by molar-refractivity contribution is 8.01. The van der Waals surface area contributed by atoms with Crippen LogP contribution < -0.4 is 0 Å². The van der Waals surface area contributed by atoms with Gasteiger partial charge in [-0.1, -0.05) is 30.0 Å². The molecule has 0 aliphatic heterocycles. The molecule has 1 atom stereocenters. The molecule has 2 nitrogen and oxygen atoms in total. The molecule has 5 heteroatoms. The van der Waals surface area contributed by atoms with Crippen molar-refractivity contribution in [1.82, 2.24) is 10.2 Å². The van der Waals surface area contributed by atoms with E-state index in [1.54, 1.807) is 28.6 Å². The summed E-state index contributed by atoms with van der Waals surface area (Å²) in [5.41, 5.74) is 1.74. The van der Waals surface area contributed by atoms with Crippen molar-refractivity contribution in [2.75, 3.05) is 5.75 Å². The predicted molar refractivity (Wildman–Crippen MR) is 49.1 cm³/mol. The Morgan fingerprint density at radius 3 is 3.20 bits per heavy atom. The van der Waals surface area contributed by atoms with Gasteiger partial charge in [-0.2, -0.15) is 12.6 Å². The molecule has 0 saturated heterocycles. The molecular weight excluding hydrogens is 184 g/mol. The third-order valence-corrected chi connectivity index (χ3v) is 3.34. The van der Waals surface area contributed by atoms with Gasteiger partial charge in [0.15, 0.2) is 4.34 Å². The standard InChI is InChI=1S/C5H8N2S3/c1-4(8)2-9-5-7-6-3-10-5/h3-4,8H,2H2,1H3. The first kappa shape index (κ1) is 8.36. The van der Waals surface area contributed by atoms with Crippen molar-refractivity contribution in [3.8, 4) is 0 Å². The highest BCUT2D eigenvalue weighted by atomic mass is 32.2. The first-order valence-corrected chi connectivity index (χ1v) is 5.24. The Labute approximate surface area is 73.9 Å². The summed E-state index contributed by atoms with van der Waals surface area (Å²) in [7, 11) is 0. The Morgan fingerprint density at radius 2 is 2.70 bits per heavy atom. The molecule has 0 N–H and O–H groups in total. The zero-order valence-electron chi connectivity index (χ0n) is 5.52. The van der Waals surface area contributed by atoms with Gasteiger partial charge in [0.1, 0.15) is 5.51 Å². The number of aromatic nitrogens is 2. The monoisotopic (exact) mass is 192 g/mol. The maximum atomic E-state index is 4.24. The van der Waals surface area contributed by atoms with Crippen LogP contribution >= 0.6 is 35.7 Å². The van der Waals surface area contributed by atoms with Crippen molar-refractivity contribution in [2.24, 2.45) is 0 Å². The molecule has 1 unspecified atom stereocenters. The van der Waals surface area contributed by atoms with Crippen molar-refractivity contribution >= 4 is 35.7 Å². The van der Waals surface area contributed by atoms with Crippen molar-refractivity contribution < 1.29 is 0 Å². The third kappa shape index (κ3) is 2.90. The van der Waals surface area contributed by atoms with Gasteiger partial charge in [0.05, 0.1) is 0 Å². The van der Waals surface area contributed by atoms with Gasteiger partial charge >= 0.3 is 0 Å². The Balaban J connectivity index is 2.28. The SMILES string of the molecule is CC(S)CSc1nncs1. The topological polar surface area (TPSA) is 25.8 Å². The molecule has 1 heterocycles. The summed E-state index contributed by atoms with van der Waals surface area (Å²) in [4.78, 5) is 0. The molecule has 0 fully saturated rings. The van der Waals surface area contributed by atoms with Gasteiger partial charge in [0.25, 0.3) is 0 Å². The number of nitrogens with zero attached hydrogens (tertiary/aromatic N) is 2. The maximum absolute atomic E-state index is 4.24. The van der Waals surface area contributed by atoms with Crippen molar-refractivity contribution in [3.05, 3.63) is 5.51 Å². The maximum Gasteiger partial charge on any atom is 0.174 e. The molecule has 0 aromatic carbocycles. The molecule has 0 aliphatic carbocycles. The average molecular weight is 192 g/mol. The fraction of sp³-hybridized carbons (Fsp3) is 0.600. The van der Waals surface area contributed by atoms with E-state index in [0.29, 0.717) is 5.25 Å². The van der Waals surface area contributed by atoms with E-state index in [9.17, 15) is 0 Å². The van der Waals surface area contributed by atoms with Gasteiger partial charge in [0, 0.05) is 11.0 Å². The van der Waals surface area contributed by atoms with Gasteiger partial charge in [-0.05, 0) is 0 Å². The summed E-state index contributed by atoms with van der Waals surface area (Å²) < 4.78 is 1.03. The second-order valence-corrected chi connectivity index (χ2v) is 4.85. The minimum atomic E-state index is 0.425. The quantitative estimate of drug-likeness (QED) is 0.585. The third-order valence-electron chi connectivity index (χ3n) is 0.788. The number of hydrogen-bond acceptors (Lipinski definition) is 5. The molecule has 0 bridgehead atoms. The van der Waals surface area contributed by atoms with Crippen LogP contribution in [0.4, 0.5) is 0 Å². The van der Waals surface area contributed by atoms with Gasteiger partial charge in [0.2, 0.25) is 0 Å². The molecule has 0 aliphatic rings. The molecule has 1 rings (SSSR count). The van der Waals surface area contributed by atoms with Crippen molar-refractivity contribution in [2.45, 2.75) is 16.5 Å². The van der Waals surface area contributed by atoms with Crippen LogP contribution in [0.2, 0.25) is 0 Å². The van der Waals surface area contributed by atoms with E-state index >= 15 is 0 Å². The predicted octanol–water partition coefficient (Wildman–Crippen LogP) is 1.95. The van der Waals surface area contributed by atoms with Gasteiger partial charge < -0.3 is 0 Å². The Kier molecular flexibility index (Phi) is 3.51. The molecule has 1 aromatic rings. The minimum Gasteiger partial charge on any atom is -0.175 e. The summed E-state index contributed by atoms with van der Waals surface area (Å²) in [6, 6.07) is 0. The van der Waals surface area contributed by atoms with E-state index in [-0.39, 0.29) is 0 Å². The normalized spacial score (nSPS) is 13.4. The lowest BCUT2D eigenvalue weighted by atomic mass is 10.6. The average Bonchev–Trinajstić information content (AvgIpc) is 2.34. The second-order valence-electron chi connectivity index (χ2n) is 1.86. The minimum absolute atomic E-state index is 0.425. The molecule has 56 valence electrons. The summed E-state index contributed by atoms with van der Waals surface area (Å²) in [6.07, 6.45) is 0. The fourth-order valence-electron chi connectivity index (χ4n) is 0.418. The lowest BCUT2D eigenvalue weighted by molar-refractivity contribution is 1.01. The zero-order valence-corrected chi connectivity index (χ0v) is 8.05. The van der Waals surface area contributed by atoms with Crippen LogP contribution in [0.5, 0.6) is 0 Å². The van der Waals surface area contributed by atoms with Crippen LogP contribution in [0.1, 0.15) is 6.92 Å². The second kappa shape index (κ2) is 4.20. The number of thioether (sulfide) groups is 1. The molecule has 0 saturated carbocycles. The van der Waals surface area contributed by atoms with Gasteiger partial charge in [-0.15, -0.1) is 10.2 Å². The lowest BCUT2D eigenvalue weighted by Gasteiger charge is -1.97. The van der Waals surface area contributed by atoms with Crippen molar-refractivity contribution in [3.63, 3.8) is 0 Å². The van der Waals surface area contributed by atoms with Crippen LogP contribution in [0, 0.1) is 0 Å². The van der Waals surface area contributed by atoms with Crippen LogP contribution in [-0.4, -0.2) is 21.2 Å². The largest absolute Gasteiger partial charge is 0.175 e. The summed E-state index contributed by atoms with van der Waals surface area (Å²) >= 11 is 7.52. The molecular formula is C5H8N2S3. The van der Waals surface area contributed by atoms with Crippen molar-refractivity contribution in [1.29, 1.82) is 0 Å². The van der Waals surface area contributed by atoms with Gasteiger partial charge in [-0.3, -0.25) is 0 Å². The van der Waals surface area contributed by atoms with Crippen LogP contribution in [0.3, 0.4) is 0 Å². The molecule has 10 heavy (non-hydrogen) atoms. The first-order chi connectivity index (χ1) is 4.79. The van der Waals surface area contributed by atoms with E-state index < -0.39 is 0 Å². The number of hydrogen-bond donors (Lipinski definition) is 1. The van der Waals surface area contributed by atoms with E-state index in [0.717, 1.165) is 10.1 Å². The summed E-state index contributed by atoms with van der Waals surface area (Å²) in [5, 5.41) is 8.03. The zero-order chi connectivity index (χ0) is 7.40. The van der Waals surface area contributed by atoms with Crippen LogP contribution in [0.15, 0.2) is 9.85 Å². The molecule has 1 aromatic heterocycles. The molecule has 0 amide bonds. The van der Waals surface area contributed by atoms with E-state index in [2.05, 4.69) is 29.7 Å². The Morgan fingerprint density at radius 1 is 1.90 bits per heavy atom. The molecule has 0 radical (unpaired) electrons. The van der Waals surface area contributed by atoms with E-state index in [1.165, 1.54) is 0 Å². The smallest absolute Gasteiger partial charge is 0.174 e. The fourth-order valence-corrected chi connectivity index (χ4v) is 2.01. The number of rotatable bonds is 3. The Hall–Kier alpha value is 0.260. The van der Waals surface area contributed by atoms with Gasteiger partial charge in [-0.25, -0.2) is 0 Å². The first-order valence-electron chi connectivity index (χ1n) is 2.86. The van der Waals surface area contributed by atoms with Crippen LogP contribution in [0.25, 0.3) is 0 Å². The van der Waals surface area contributed by atoms with Crippen LogP contribution in [-0.2, 0) is 0 Å². The highest BCUT2D eigenvalue weighted by Crippen LogP contribution is 2.20. The van der Waals surface area contributed by atoms with E-state index in [1.807, 2.05) is 0 Å². The highest BCUT2D eigenvalue weighted by Gasteiger charge is 1.99. The van der Waals surface area contributed by atoms with E-state index in [4.69, 9.17) is 0 Å². The number of thiol groups is 1. The summed E-state index contributed by atoms with van der Waals surface area (Å²) in [5.74, 6) is 0.998. The lowest BCUT2D eigenvalue weighted by Crippen LogP contribution is -1.93. The Bertz CT molecular complexity index is 173. The molecule has 0 spiro atoms. The summed E-state index contributed by atoms with van der Waals surface area (Å²) in [6.45, 7) is 2.07.